The number of benzene rings is 1. The summed E-state index contributed by atoms with van der Waals surface area (Å²) in [6.45, 7) is 8.92. The molecule has 1 saturated carbocycles. The third-order valence-electron chi connectivity index (χ3n) is 7.30. The molecule has 1 aromatic carbocycles. The van der Waals surface area contributed by atoms with Crippen LogP contribution < -0.4 is 0 Å². The maximum absolute atomic E-state index is 11.3. The monoisotopic (exact) mass is 425 g/mol. The van der Waals surface area contributed by atoms with E-state index in [-0.39, 0.29) is 17.1 Å². The first-order valence-corrected chi connectivity index (χ1v) is 11.8. The second-order valence-electron chi connectivity index (χ2n) is 10.6. The molecule has 0 amide bonds. The normalized spacial score (nSPS) is 26.2. The Bertz CT molecular complexity index is 974. The van der Waals surface area contributed by atoms with E-state index in [1.54, 1.807) is 0 Å². The summed E-state index contributed by atoms with van der Waals surface area (Å²) in [7, 11) is 0. The molecule has 1 aromatic heterocycles. The first-order chi connectivity index (χ1) is 14.2. The molecule has 2 heterocycles. The van der Waals surface area contributed by atoms with Crippen molar-refractivity contribution in [1.82, 2.24) is 4.98 Å². The maximum Gasteiger partial charge on any atom is 0.111 e. The number of halogens is 1. The number of pyridine rings is 1. The van der Waals surface area contributed by atoms with E-state index in [4.69, 9.17) is 21.3 Å². The number of aliphatic hydroxyl groups is 1. The number of aliphatic hydroxyl groups excluding tert-OH is 1. The maximum atomic E-state index is 11.3. The lowest BCUT2D eigenvalue weighted by atomic mass is 9.70. The molecule has 5 rings (SSSR count). The Labute approximate surface area is 184 Å². The van der Waals surface area contributed by atoms with Gasteiger partial charge in [-0.15, -0.1) is 0 Å². The smallest absolute Gasteiger partial charge is 0.111 e. The zero-order chi connectivity index (χ0) is 21.3. The summed E-state index contributed by atoms with van der Waals surface area (Å²) in [5.74, 6) is 0.293. The van der Waals surface area contributed by atoms with E-state index in [1.807, 2.05) is 12.1 Å². The molecule has 2 atom stereocenters. The molecule has 3 nitrogen and oxygen atoms in total. The molecule has 4 heteroatoms. The molecule has 160 valence electrons. The van der Waals surface area contributed by atoms with Crippen LogP contribution in [0.15, 0.2) is 24.3 Å². The highest BCUT2D eigenvalue weighted by molar-refractivity contribution is 6.30. The van der Waals surface area contributed by atoms with Crippen LogP contribution in [0.4, 0.5) is 0 Å². The number of nitrogens with zero attached hydrogens (tertiary/aromatic N) is 1. The highest BCUT2D eigenvalue weighted by Gasteiger charge is 2.52. The fourth-order valence-corrected chi connectivity index (χ4v) is 6.18. The Morgan fingerprint density at radius 1 is 1.10 bits per heavy atom. The second-order valence-corrected chi connectivity index (χ2v) is 11.0. The highest BCUT2D eigenvalue weighted by Crippen LogP contribution is 2.59. The zero-order valence-corrected chi connectivity index (χ0v) is 19.2. The van der Waals surface area contributed by atoms with Crippen molar-refractivity contribution in [3.63, 3.8) is 0 Å². The summed E-state index contributed by atoms with van der Waals surface area (Å²) in [5, 5.41) is 12.0. The van der Waals surface area contributed by atoms with Crippen molar-refractivity contribution >= 4 is 11.6 Å². The lowest BCUT2D eigenvalue weighted by Crippen LogP contribution is -2.32. The largest absolute Gasteiger partial charge is 0.388 e. The minimum absolute atomic E-state index is 0.0553. The molecule has 30 heavy (non-hydrogen) atoms. The van der Waals surface area contributed by atoms with Crippen LogP contribution in [0.2, 0.25) is 5.02 Å². The van der Waals surface area contributed by atoms with Crippen LogP contribution in [0.25, 0.3) is 0 Å². The molecular formula is C26H32ClNO2. The van der Waals surface area contributed by atoms with Gasteiger partial charge in [0.15, 0.2) is 0 Å². The Balaban J connectivity index is 1.79. The summed E-state index contributed by atoms with van der Waals surface area (Å²) < 4.78 is 6.97. The molecule has 1 aliphatic heterocycles. The van der Waals surface area contributed by atoms with Gasteiger partial charge in [-0.05, 0) is 60.3 Å². The molecule has 1 fully saturated rings. The van der Waals surface area contributed by atoms with Gasteiger partial charge in [0.25, 0.3) is 0 Å². The fraction of sp³-hybridized carbons (Fsp3) is 0.577. The third-order valence-corrected chi connectivity index (χ3v) is 7.55. The Kier molecular flexibility index (Phi) is 4.81. The Morgan fingerprint density at radius 3 is 2.40 bits per heavy atom. The number of aromatic nitrogens is 1. The molecule has 0 bridgehead atoms. The number of hydrogen-bond donors (Lipinski definition) is 1. The lowest BCUT2D eigenvalue weighted by Gasteiger charge is -2.38. The van der Waals surface area contributed by atoms with Crippen molar-refractivity contribution in [3.8, 4) is 0 Å². The predicted octanol–water partition coefficient (Wildman–Crippen LogP) is 6.75. The van der Waals surface area contributed by atoms with Gasteiger partial charge in [0.05, 0.1) is 11.7 Å². The van der Waals surface area contributed by atoms with E-state index in [9.17, 15) is 5.11 Å². The van der Waals surface area contributed by atoms with Crippen molar-refractivity contribution in [1.29, 1.82) is 0 Å². The van der Waals surface area contributed by atoms with E-state index in [2.05, 4.69) is 39.8 Å². The van der Waals surface area contributed by atoms with Crippen LogP contribution in [-0.2, 0) is 16.8 Å². The van der Waals surface area contributed by atoms with Crippen molar-refractivity contribution < 1.29 is 9.84 Å². The molecule has 2 aliphatic carbocycles. The van der Waals surface area contributed by atoms with E-state index in [1.165, 1.54) is 24.0 Å². The van der Waals surface area contributed by atoms with Gasteiger partial charge in [0.1, 0.15) is 6.10 Å². The van der Waals surface area contributed by atoms with Gasteiger partial charge in [-0.3, -0.25) is 4.98 Å². The van der Waals surface area contributed by atoms with Crippen LogP contribution >= 0.6 is 11.6 Å². The van der Waals surface area contributed by atoms with Crippen LogP contribution in [0, 0.1) is 5.41 Å². The van der Waals surface area contributed by atoms with Crippen molar-refractivity contribution in [2.45, 2.75) is 89.9 Å². The van der Waals surface area contributed by atoms with Gasteiger partial charge in [0, 0.05) is 27.5 Å². The summed E-state index contributed by atoms with van der Waals surface area (Å²) in [5.41, 5.74) is 6.68. The predicted molar refractivity (Wildman–Crippen MR) is 120 cm³/mol. The Hall–Kier alpha value is -1.42. The van der Waals surface area contributed by atoms with E-state index >= 15 is 0 Å². The van der Waals surface area contributed by atoms with Crippen LogP contribution in [0.3, 0.4) is 0 Å². The molecule has 0 radical (unpaired) electrons. The standard InChI is InChI=1S/C26H32ClNO2/c1-15(2)23-21-22(20-18(28-23)13-25(3,4)14-19(20)29)26(11-5-6-12-26)30-24(21)16-7-9-17(27)10-8-16/h7-10,15,19,24,29H,5-6,11-14H2,1-4H3. The molecular weight excluding hydrogens is 394 g/mol. The van der Waals surface area contributed by atoms with E-state index in [0.717, 1.165) is 53.2 Å². The van der Waals surface area contributed by atoms with E-state index < -0.39 is 6.10 Å². The third kappa shape index (κ3) is 3.13. The number of fused-ring (bicyclic) bond motifs is 4. The SMILES string of the molecule is CC(C)c1nc2c(c3c1C(c1ccc(Cl)cc1)OC31CCCC1)C(O)CC(C)(C)C2. The molecule has 0 saturated heterocycles. The first-order valence-electron chi connectivity index (χ1n) is 11.4. The van der Waals surface area contributed by atoms with Crippen LogP contribution in [0.5, 0.6) is 0 Å². The summed E-state index contributed by atoms with van der Waals surface area (Å²) >= 11 is 6.18. The molecule has 1 N–H and O–H groups in total. The van der Waals surface area contributed by atoms with Gasteiger partial charge < -0.3 is 9.84 Å². The van der Waals surface area contributed by atoms with Crippen LogP contribution in [-0.4, -0.2) is 10.1 Å². The van der Waals surface area contributed by atoms with Crippen LogP contribution in [0.1, 0.15) is 112 Å². The topological polar surface area (TPSA) is 42.4 Å². The highest BCUT2D eigenvalue weighted by atomic mass is 35.5. The average Bonchev–Trinajstić information content (AvgIpc) is 3.26. The fourth-order valence-electron chi connectivity index (χ4n) is 6.05. The summed E-state index contributed by atoms with van der Waals surface area (Å²) in [4.78, 5) is 5.21. The molecule has 2 aromatic rings. The summed E-state index contributed by atoms with van der Waals surface area (Å²) in [6.07, 6.45) is 5.45. The Morgan fingerprint density at radius 2 is 1.77 bits per heavy atom. The number of hydrogen-bond acceptors (Lipinski definition) is 3. The minimum atomic E-state index is -0.476. The number of rotatable bonds is 2. The van der Waals surface area contributed by atoms with Gasteiger partial charge in [0.2, 0.25) is 0 Å². The van der Waals surface area contributed by atoms with Crippen molar-refractivity contribution in [3.05, 3.63) is 62.9 Å². The van der Waals surface area contributed by atoms with Crippen molar-refractivity contribution in [2.24, 2.45) is 5.41 Å². The molecule has 2 unspecified atom stereocenters. The molecule has 3 aliphatic rings. The number of ether oxygens (including phenoxy) is 1. The van der Waals surface area contributed by atoms with Gasteiger partial charge >= 0.3 is 0 Å². The second kappa shape index (κ2) is 7.05. The van der Waals surface area contributed by atoms with E-state index in [0.29, 0.717) is 5.92 Å². The molecule has 1 spiro atoms. The first kappa shape index (κ1) is 20.5. The lowest BCUT2D eigenvalue weighted by molar-refractivity contribution is -0.0580. The average molecular weight is 426 g/mol. The van der Waals surface area contributed by atoms with Gasteiger partial charge in [-0.1, -0.05) is 64.3 Å². The van der Waals surface area contributed by atoms with Crippen molar-refractivity contribution in [2.75, 3.05) is 0 Å². The quantitative estimate of drug-likeness (QED) is 0.578. The minimum Gasteiger partial charge on any atom is -0.388 e. The van der Waals surface area contributed by atoms with Gasteiger partial charge in [-0.2, -0.15) is 0 Å². The van der Waals surface area contributed by atoms with Gasteiger partial charge in [-0.25, -0.2) is 0 Å². The summed E-state index contributed by atoms with van der Waals surface area (Å²) in [6, 6.07) is 8.04. The zero-order valence-electron chi connectivity index (χ0n) is 18.5.